The smallest absolute Gasteiger partial charge is 0.0547 e. The van der Waals surface area contributed by atoms with E-state index in [2.05, 4.69) is 215 Å². The number of hydrogen-bond acceptors (Lipinski definition) is 0. The highest BCUT2D eigenvalue weighted by Gasteiger charge is 2.20. The minimum Gasteiger partial charge on any atom is -0.313 e. The van der Waals surface area contributed by atoms with Gasteiger partial charge in [0.1, 0.15) is 0 Å². The molecule has 0 bridgehead atoms. The Labute approximate surface area is 326 Å². The van der Waals surface area contributed by atoms with Crippen LogP contribution in [-0.4, -0.2) is 9.13 Å². The number of aromatic nitrogens is 2. The van der Waals surface area contributed by atoms with E-state index >= 15 is 0 Å². The molecule has 2 aromatic heterocycles. The maximum atomic E-state index is 2.51. The van der Waals surface area contributed by atoms with Crippen molar-refractivity contribution in [2.24, 2.45) is 0 Å². The second-order valence-electron chi connectivity index (χ2n) is 14.9. The summed E-state index contributed by atoms with van der Waals surface area (Å²) >= 11 is 0. The monoisotopic (exact) mass is 714 g/mol. The zero-order valence-corrected chi connectivity index (χ0v) is 30.9. The Morgan fingerprint density at radius 1 is 0.321 bits per heavy atom. The lowest BCUT2D eigenvalue weighted by atomic mass is 9.99. The van der Waals surface area contributed by atoms with Crippen molar-refractivity contribution >= 4 is 38.8 Å². The van der Waals surface area contributed by atoms with E-state index < -0.39 is 0 Å². The van der Waals surface area contributed by atoms with Crippen LogP contribution < -0.4 is 0 Å². The molecule has 0 saturated carbocycles. The molecule has 8 aromatic carbocycles. The fourth-order valence-corrected chi connectivity index (χ4v) is 8.89. The molecule has 0 saturated heterocycles. The van der Waals surface area contributed by atoms with E-state index in [0.717, 1.165) is 18.5 Å². The Bertz CT molecular complexity index is 3110. The Hall–Kier alpha value is -7.16. The van der Waals surface area contributed by atoms with Gasteiger partial charge >= 0.3 is 0 Å². The van der Waals surface area contributed by atoms with Crippen LogP contribution in [0.25, 0.3) is 94.7 Å². The molecule has 0 N–H and O–H groups in total. The molecule has 2 nitrogen and oxygen atoms in total. The molecule has 11 rings (SSSR count). The van der Waals surface area contributed by atoms with Gasteiger partial charge in [-0.1, -0.05) is 158 Å². The van der Waals surface area contributed by atoms with Gasteiger partial charge in [0.25, 0.3) is 0 Å². The molecule has 1 aliphatic carbocycles. The molecule has 56 heavy (non-hydrogen) atoms. The highest BCUT2D eigenvalue weighted by atomic mass is 15.0. The van der Waals surface area contributed by atoms with E-state index in [1.165, 1.54) is 94.2 Å². The van der Waals surface area contributed by atoms with E-state index in [9.17, 15) is 0 Å². The van der Waals surface area contributed by atoms with Gasteiger partial charge in [0, 0.05) is 38.8 Å². The second-order valence-corrected chi connectivity index (χ2v) is 14.9. The van der Waals surface area contributed by atoms with Gasteiger partial charge in [0.15, 0.2) is 0 Å². The summed E-state index contributed by atoms with van der Waals surface area (Å²) in [6, 6.07) is 71.0. The molecule has 0 fully saturated rings. The van der Waals surface area contributed by atoms with Gasteiger partial charge in [-0.2, -0.15) is 0 Å². The van der Waals surface area contributed by atoms with E-state index in [4.69, 9.17) is 0 Å². The summed E-state index contributed by atoms with van der Waals surface area (Å²) < 4.78 is 4.94. The number of allylic oxidation sites excluding steroid dienone is 1. The van der Waals surface area contributed by atoms with Crippen molar-refractivity contribution in [3.05, 3.63) is 211 Å². The third-order valence-corrected chi connectivity index (χ3v) is 11.6. The van der Waals surface area contributed by atoms with Crippen LogP contribution in [-0.2, 0) is 6.42 Å². The molecular formula is C54H38N2. The largest absolute Gasteiger partial charge is 0.313 e. The molecule has 0 unspecified atom stereocenters. The summed E-state index contributed by atoms with van der Waals surface area (Å²) in [5, 5.41) is 3.82. The summed E-state index contributed by atoms with van der Waals surface area (Å²) in [6.45, 7) is 0. The second kappa shape index (κ2) is 13.3. The standard InChI is InChI=1S/C54H38N2/c1-3-13-37(14-4-1)40-17-11-18-41(33-40)39-25-29-45(30-26-39)55-51-23-9-7-21-47(51)49-31-27-43(35-53(49)55)44-28-32-50-48-22-8-10-24-52(48)56(54(50)36-44)46-20-12-19-42(34-46)38-15-5-2-6-16-38/h1-8,10-22,24-36H,9,23H2. The van der Waals surface area contributed by atoms with E-state index in [-0.39, 0.29) is 0 Å². The number of fused-ring (bicyclic) bond motifs is 6. The zero-order chi connectivity index (χ0) is 37.0. The van der Waals surface area contributed by atoms with E-state index in [0.29, 0.717) is 0 Å². The Kier molecular flexibility index (Phi) is 7.67. The maximum Gasteiger partial charge on any atom is 0.0547 e. The molecular weight excluding hydrogens is 677 g/mol. The van der Waals surface area contributed by atoms with E-state index in [1.54, 1.807) is 0 Å². The molecule has 10 aromatic rings. The molecule has 0 radical (unpaired) electrons. The molecule has 2 heteroatoms. The summed E-state index contributed by atoms with van der Waals surface area (Å²) in [5.41, 5.74) is 18.5. The third kappa shape index (κ3) is 5.41. The number of hydrogen-bond donors (Lipinski definition) is 0. The molecule has 0 spiro atoms. The molecule has 0 aliphatic heterocycles. The van der Waals surface area contributed by atoms with Crippen LogP contribution in [0.5, 0.6) is 0 Å². The summed E-state index contributed by atoms with van der Waals surface area (Å²) in [6.07, 6.45) is 6.72. The Morgan fingerprint density at radius 2 is 0.839 bits per heavy atom. The Morgan fingerprint density at radius 3 is 1.55 bits per heavy atom. The number of rotatable bonds is 6. The lowest BCUT2D eigenvalue weighted by Crippen LogP contribution is -2.03. The molecule has 1 aliphatic rings. The maximum absolute atomic E-state index is 2.51. The number of para-hydroxylation sites is 1. The summed E-state index contributed by atoms with van der Waals surface area (Å²) in [7, 11) is 0. The van der Waals surface area contributed by atoms with Crippen LogP contribution in [0.1, 0.15) is 17.7 Å². The molecule has 2 heterocycles. The van der Waals surface area contributed by atoms with Crippen LogP contribution in [0.15, 0.2) is 200 Å². The highest BCUT2D eigenvalue weighted by Crippen LogP contribution is 2.39. The number of benzene rings is 8. The van der Waals surface area contributed by atoms with Gasteiger partial charge in [-0.05, 0) is 106 Å². The fraction of sp³-hybridized carbons (Fsp3) is 0.0370. The number of nitrogens with zero attached hydrogens (tertiary/aromatic N) is 2. The molecule has 264 valence electrons. The van der Waals surface area contributed by atoms with Gasteiger partial charge in [0.05, 0.1) is 16.6 Å². The van der Waals surface area contributed by atoms with Gasteiger partial charge in [-0.15, -0.1) is 0 Å². The van der Waals surface area contributed by atoms with Crippen molar-refractivity contribution in [3.63, 3.8) is 0 Å². The molecule has 0 atom stereocenters. The molecule has 0 amide bonds. The minimum atomic E-state index is 1.02. The van der Waals surface area contributed by atoms with Crippen molar-refractivity contribution in [2.75, 3.05) is 0 Å². The van der Waals surface area contributed by atoms with Gasteiger partial charge < -0.3 is 9.13 Å². The first kappa shape index (κ1) is 32.3. The topological polar surface area (TPSA) is 9.86 Å². The van der Waals surface area contributed by atoms with Crippen LogP contribution in [0.2, 0.25) is 0 Å². The van der Waals surface area contributed by atoms with Gasteiger partial charge in [-0.3, -0.25) is 0 Å². The summed E-state index contributed by atoms with van der Waals surface area (Å²) in [5.74, 6) is 0. The fourth-order valence-electron chi connectivity index (χ4n) is 8.89. The van der Waals surface area contributed by atoms with Crippen LogP contribution in [0.4, 0.5) is 0 Å². The van der Waals surface area contributed by atoms with Crippen LogP contribution >= 0.6 is 0 Å². The highest BCUT2D eigenvalue weighted by molar-refractivity contribution is 6.10. The van der Waals surface area contributed by atoms with Crippen molar-refractivity contribution in [3.8, 4) is 55.9 Å². The lowest BCUT2D eigenvalue weighted by molar-refractivity contribution is 0.889. The summed E-state index contributed by atoms with van der Waals surface area (Å²) in [4.78, 5) is 0. The van der Waals surface area contributed by atoms with Crippen molar-refractivity contribution in [2.45, 2.75) is 12.8 Å². The lowest BCUT2D eigenvalue weighted by Gasteiger charge is -2.14. The first-order valence-electron chi connectivity index (χ1n) is 19.6. The minimum absolute atomic E-state index is 1.02. The SMILES string of the molecule is C1=Cc2c(n(-c3ccc(-c4cccc(-c5ccccc5)c4)cc3)c3cc(-c4ccc5c6ccccc6n(-c6cccc(-c7ccccc7)c6)c5c4)ccc23)CC1. The average Bonchev–Trinajstić information content (AvgIpc) is 3.79. The van der Waals surface area contributed by atoms with E-state index in [1.807, 2.05) is 0 Å². The first-order chi connectivity index (χ1) is 27.8. The average molecular weight is 715 g/mol. The van der Waals surface area contributed by atoms with Gasteiger partial charge in [-0.25, -0.2) is 0 Å². The van der Waals surface area contributed by atoms with Gasteiger partial charge in [0.2, 0.25) is 0 Å². The quantitative estimate of drug-likeness (QED) is 0.162. The predicted octanol–water partition coefficient (Wildman–Crippen LogP) is 14.4. The Balaban J connectivity index is 1.03. The third-order valence-electron chi connectivity index (χ3n) is 11.6. The first-order valence-corrected chi connectivity index (χ1v) is 19.6. The van der Waals surface area contributed by atoms with Crippen LogP contribution in [0.3, 0.4) is 0 Å². The zero-order valence-electron chi connectivity index (χ0n) is 30.9. The van der Waals surface area contributed by atoms with Crippen molar-refractivity contribution in [1.29, 1.82) is 0 Å². The van der Waals surface area contributed by atoms with Crippen LogP contribution in [0, 0.1) is 0 Å². The van der Waals surface area contributed by atoms with Crippen molar-refractivity contribution < 1.29 is 0 Å². The normalized spacial score (nSPS) is 12.4. The predicted molar refractivity (Wildman–Crippen MR) is 237 cm³/mol. The van der Waals surface area contributed by atoms with Crippen molar-refractivity contribution in [1.82, 2.24) is 9.13 Å².